The molecule has 2 aliphatic heterocycles. The van der Waals surface area contributed by atoms with E-state index >= 15 is 0 Å². The summed E-state index contributed by atoms with van der Waals surface area (Å²) in [6.45, 7) is 4.67. The summed E-state index contributed by atoms with van der Waals surface area (Å²) in [5.41, 5.74) is 2.46. The number of carbonyl (C=O) groups excluding carboxylic acids is 1. The number of ether oxygens (including phenoxy) is 2. The van der Waals surface area contributed by atoms with Gasteiger partial charge in [0.1, 0.15) is 11.3 Å². The molecule has 3 aromatic rings. The van der Waals surface area contributed by atoms with Crippen molar-refractivity contribution in [2.45, 2.75) is 32.0 Å². The third kappa shape index (κ3) is 3.43. The lowest BCUT2D eigenvalue weighted by Gasteiger charge is -2.32. The Morgan fingerprint density at radius 3 is 3.00 bits per heavy atom. The number of nitrogens with one attached hydrogen (secondary N) is 2. The molecule has 2 atom stereocenters. The Balaban J connectivity index is 1.32. The number of benzene rings is 1. The summed E-state index contributed by atoms with van der Waals surface area (Å²) in [4.78, 5) is 19.0. The van der Waals surface area contributed by atoms with Gasteiger partial charge in [-0.1, -0.05) is 0 Å². The quantitative estimate of drug-likeness (QED) is 0.678. The molecular weight excluding hydrogens is 388 g/mol. The minimum Gasteiger partial charge on any atom is -0.497 e. The second-order valence-corrected chi connectivity index (χ2v) is 7.54. The van der Waals surface area contributed by atoms with Gasteiger partial charge in [-0.2, -0.15) is 10.1 Å². The van der Waals surface area contributed by atoms with E-state index in [0.29, 0.717) is 43.7 Å². The number of oxazole rings is 1. The fraction of sp³-hybridized carbons (Fsp3) is 0.450. The number of hydrogen-bond donors (Lipinski definition) is 2. The minimum atomic E-state index is -0.265. The molecule has 0 saturated carbocycles. The molecule has 0 spiro atoms. The molecule has 2 aromatic heterocycles. The summed E-state index contributed by atoms with van der Waals surface area (Å²) in [6, 6.07) is 7.80. The summed E-state index contributed by atoms with van der Waals surface area (Å²) in [5.74, 6) is 1.27. The first-order chi connectivity index (χ1) is 14.6. The zero-order valence-electron chi connectivity index (χ0n) is 16.9. The SMILES string of the molecule is COc1ccc2oc(N3CCn4nc(NC(=O)N[C@@H]5CCOC5)cc4C3C)nc2c1. The molecule has 5 rings (SSSR count). The van der Waals surface area contributed by atoms with Gasteiger partial charge >= 0.3 is 6.03 Å². The van der Waals surface area contributed by atoms with Gasteiger partial charge < -0.3 is 24.1 Å². The van der Waals surface area contributed by atoms with E-state index in [9.17, 15) is 4.79 Å². The number of urea groups is 1. The molecule has 1 unspecified atom stereocenters. The maximum absolute atomic E-state index is 12.2. The zero-order chi connectivity index (χ0) is 20.7. The van der Waals surface area contributed by atoms with Crippen LogP contribution in [0.5, 0.6) is 5.75 Å². The summed E-state index contributed by atoms with van der Waals surface area (Å²) in [7, 11) is 1.63. The van der Waals surface area contributed by atoms with E-state index in [1.165, 1.54) is 0 Å². The molecule has 2 amide bonds. The molecule has 0 aliphatic carbocycles. The van der Waals surface area contributed by atoms with Gasteiger partial charge in [-0.05, 0) is 25.5 Å². The van der Waals surface area contributed by atoms with Crippen LogP contribution in [0.15, 0.2) is 28.7 Å². The predicted molar refractivity (Wildman–Crippen MR) is 110 cm³/mol. The molecule has 10 heteroatoms. The normalized spacial score (nSPS) is 20.9. The minimum absolute atomic E-state index is 0.0111. The Kier molecular flexibility index (Phi) is 4.70. The van der Waals surface area contributed by atoms with E-state index in [0.717, 1.165) is 23.4 Å². The molecular formula is C20H24N6O4. The van der Waals surface area contributed by atoms with Crippen LogP contribution in [0.25, 0.3) is 11.1 Å². The van der Waals surface area contributed by atoms with Gasteiger partial charge in [-0.25, -0.2) is 4.79 Å². The van der Waals surface area contributed by atoms with Crippen molar-refractivity contribution in [2.24, 2.45) is 0 Å². The van der Waals surface area contributed by atoms with E-state index in [4.69, 9.17) is 13.9 Å². The van der Waals surface area contributed by atoms with Crippen LogP contribution in [0.3, 0.4) is 0 Å². The van der Waals surface area contributed by atoms with Crippen LogP contribution in [0, 0.1) is 0 Å². The average molecular weight is 412 g/mol. The van der Waals surface area contributed by atoms with Gasteiger partial charge in [0.15, 0.2) is 11.4 Å². The number of amides is 2. The summed E-state index contributed by atoms with van der Waals surface area (Å²) >= 11 is 0. The highest BCUT2D eigenvalue weighted by atomic mass is 16.5. The van der Waals surface area contributed by atoms with E-state index in [1.54, 1.807) is 7.11 Å². The summed E-state index contributed by atoms with van der Waals surface area (Å²) in [6.07, 6.45) is 0.829. The highest BCUT2D eigenvalue weighted by Gasteiger charge is 2.29. The fourth-order valence-electron chi connectivity index (χ4n) is 3.96. The molecule has 30 heavy (non-hydrogen) atoms. The van der Waals surface area contributed by atoms with E-state index in [2.05, 4.69) is 32.5 Å². The lowest BCUT2D eigenvalue weighted by Crippen LogP contribution is -2.38. The van der Waals surface area contributed by atoms with Gasteiger partial charge in [0.2, 0.25) is 0 Å². The number of aromatic nitrogens is 3. The zero-order valence-corrected chi connectivity index (χ0v) is 16.9. The van der Waals surface area contributed by atoms with Crippen LogP contribution >= 0.6 is 0 Å². The van der Waals surface area contributed by atoms with Crippen molar-refractivity contribution < 1.29 is 18.7 Å². The Morgan fingerprint density at radius 2 is 2.20 bits per heavy atom. The monoisotopic (exact) mass is 412 g/mol. The number of hydrogen-bond acceptors (Lipinski definition) is 7. The average Bonchev–Trinajstić information content (AvgIpc) is 3.47. The third-order valence-electron chi connectivity index (χ3n) is 5.59. The first-order valence-corrected chi connectivity index (χ1v) is 10.0. The molecule has 158 valence electrons. The lowest BCUT2D eigenvalue weighted by molar-refractivity contribution is 0.189. The highest BCUT2D eigenvalue weighted by Crippen LogP contribution is 2.33. The van der Waals surface area contributed by atoms with Crippen molar-refractivity contribution >= 4 is 29.0 Å². The van der Waals surface area contributed by atoms with Crippen molar-refractivity contribution in [1.82, 2.24) is 20.1 Å². The number of anilines is 2. The standard InChI is InChI=1S/C20H24N6O4/c1-12-16-10-18(23-19(27)21-13-5-8-29-11-13)24-26(16)7-6-25(12)20-22-15-9-14(28-2)3-4-17(15)30-20/h3-4,9-10,12-13H,5-8,11H2,1-2H3,(H2,21,23,24,27)/t12?,13-/m1/s1. The van der Waals surface area contributed by atoms with Gasteiger partial charge in [-0.3, -0.25) is 10.00 Å². The number of methoxy groups -OCH3 is 1. The van der Waals surface area contributed by atoms with Gasteiger partial charge in [-0.15, -0.1) is 0 Å². The largest absolute Gasteiger partial charge is 0.497 e. The van der Waals surface area contributed by atoms with Crippen LogP contribution < -0.4 is 20.3 Å². The highest BCUT2D eigenvalue weighted by molar-refractivity contribution is 5.88. The molecule has 2 N–H and O–H groups in total. The topological polar surface area (TPSA) is 107 Å². The maximum atomic E-state index is 12.2. The van der Waals surface area contributed by atoms with Crippen molar-refractivity contribution in [3.63, 3.8) is 0 Å². The predicted octanol–water partition coefficient (Wildman–Crippen LogP) is 2.52. The fourth-order valence-corrected chi connectivity index (χ4v) is 3.96. The Labute approximate surface area is 173 Å². The number of carbonyl (C=O) groups is 1. The van der Waals surface area contributed by atoms with Crippen LogP contribution in [0.2, 0.25) is 0 Å². The maximum Gasteiger partial charge on any atom is 0.320 e. The smallest absolute Gasteiger partial charge is 0.320 e. The van der Waals surface area contributed by atoms with Crippen molar-refractivity contribution in [1.29, 1.82) is 0 Å². The molecule has 1 saturated heterocycles. The Bertz CT molecular complexity index is 1070. The van der Waals surface area contributed by atoms with E-state index < -0.39 is 0 Å². The molecule has 4 heterocycles. The van der Waals surface area contributed by atoms with Crippen molar-refractivity contribution in [3.8, 4) is 5.75 Å². The second kappa shape index (κ2) is 7.52. The molecule has 2 aliphatic rings. The van der Waals surface area contributed by atoms with Crippen LogP contribution in [-0.4, -0.2) is 53.7 Å². The molecule has 1 fully saturated rings. The van der Waals surface area contributed by atoms with Crippen LogP contribution in [0.4, 0.5) is 16.6 Å². The first-order valence-electron chi connectivity index (χ1n) is 10.0. The Morgan fingerprint density at radius 1 is 1.30 bits per heavy atom. The van der Waals surface area contributed by atoms with Crippen molar-refractivity contribution in [2.75, 3.05) is 37.1 Å². The molecule has 1 aromatic carbocycles. The first kappa shape index (κ1) is 18.7. The van der Waals surface area contributed by atoms with E-state index in [1.807, 2.05) is 28.9 Å². The summed E-state index contributed by atoms with van der Waals surface area (Å²) in [5, 5.41) is 10.3. The van der Waals surface area contributed by atoms with Gasteiger partial charge in [0, 0.05) is 25.3 Å². The number of rotatable bonds is 4. The number of nitrogens with zero attached hydrogens (tertiary/aromatic N) is 4. The lowest BCUT2D eigenvalue weighted by atomic mass is 10.1. The van der Waals surface area contributed by atoms with Gasteiger partial charge in [0.25, 0.3) is 6.01 Å². The van der Waals surface area contributed by atoms with Gasteiger partial charge in [0.05, 0.1) is 38.0 Å². The van der Waals surface area contributed by atoms with E-state index in [-0.39, 0.29) is 18.1 Å². The van der Waals surface area contributed by atoms with Crippen LogP contribution in [-0.2, 0) is 11.3 Å². The molecule has 10 nitrogen and oxygen atoms in total. The number of fused-ring (bicyclic) bond motifs is 2. The molecule has 0 bridgehead atoms. The Hall–Kier alpha value is -3.27. The van der Waals surface area contributed by atoms with Crippen LogP contribution in [0.1, 0.15) is 25.1 Å². The molecule has 0 radical (unpaired) electrons. The second-order valence-electron chi connectivity index (χ2n) is 7.54. The third-order valence-corrected chi connectivity index (χ3v) is 5.59. The summed E-state index contributed by atoms with van der Waals surface area (Å²) < 4.78 is 18.4. The van der Waals surface area contributed by atoms with Crippen molar-refractivity contribution in [3.05, 3.63) is 30.0 Å².